The van der Waals surface area contributed by atoms with Crippen molar-refractivity contribution >= 4 is 18.3 Å². The molecule has 3 N–H and O–H groups in total. The van der Waals surface area contributed by atoms with E-state index < -0.39 is 6.09 Å². The van der Waals surface area contributed by atoms with Crippen molar-refractivity contribution in [3.8, 4) is 0 Å². The van der Waals surface area contributed by atoms with Crippen molar-refractivity contribution in [1.82, 2.24) is 9.55 Å². The number of hydrogen-bond acceptors (Lipinski definition) is 3. The highest BCUT2D eigenvalue weighted by molar-refractivity contribution is 7.71. The van der Waals surface area contributed by atoms with E-state index in [0.717, 1.165) is 12.1 Å². The summed E-state index contributed by atoms with van der Waals surface area (Å²) in [5.41, 5.74) is 5.92. The van der Waals surface area contributed by atoms with E-state index in [2.05, 4.69) is 9.72 Å². The summed E-state index contributed by atoms with van der Waals surface area (Å²) in [5.74, 6) is 0. The topological polar surface area (TPSA) is 73.0 Å². The molecule has 0 aliphatic rings. The number of H-pyrrole nitrogens is 1. The molecule has 1 aromatic rings. The van der Waals surface area contributed by atoms with Crippen LogP contribution in [0, 0.1) is 4.77 Å². The van der Waals surface area contributed by atoms with E-state index in [-0.39, 0.29) is 6.61 Å². The number of aromatic nitrogens is 2. The summed E-state index contributed by atoms with van der Waals surface area (Å²) in [5, 5.41) is 0. The molecule has 1 aromatic heterocycles. The molecule has 0 atom stereocenters. The van der Waals surface area contributed by atoms with Crippen LogP contribution in [0.1, 0.15) is 12.6 Å². The van der Waals surface area contributed by atoms with Gasteiger partial charge in [-0.2, -0.15) is 0 Å². The number of aromatic amines is 1. The van der Waals surface area contributed by atoms with E-state index >= 15 is 0 Å². The zero-order valence-electron chi connectivity index (χ0n) is 7.95. The maximum absolute atomic E-state index is 10.3. The molecule has 0 radical (unpaired) electrons. The van der Waals surface area contributed by atoms with Gasteiger partial charge in [0.15, 0.2) is 4.77 Å². The van der Waals surface area contributed by atoms with Crippen LogP contribution < -0.4 is 5.73 Å². The van der Waals surface area contributed by atoms with E-state index in [1.807, 2.05) is 17.7 Å². The third-order valence-electron chi connectivity index (χ3n) is 1.88. The van der Waals surface area contributed by atoms with Gasteiger partial charge in [0.2, 0.25) is 0 Å². The van der Waals surface area contributed by atoms with Crippen molar-refractivity contribution in [2.75, 3.05) is 6.61 Å². The number of ether oxygens (including phenoxy) is 1. The van der Waals surface area contributed by atoms with Crippen molar-refractivity contribution < 1.29 is 9.53 Å². The van der Waals surface area contributed by atoms with E-state index in [0.29, 0.717) is 11.3 Å². The second-order valence-corrected chi connectivity index (χ2v) is 3.14. The maximum Gasteiger partial charge on any atom is 0.404 e. The number of amides is 1. The van der Waals surface area contributed by atoms with Crippen LogP contribution in [-0.2, 0) is 17.7 Å². The number of hydrogen-bond donors (Lipinski definition) is 2. The van der Waals surface area contributed by atoms with Gasteiger partial charge in [-0.05, 0) is 18.6 Å². The summed E-state index contributed by atoms with van der Waals surface area (Å²) in [6, 6.07) is 0. The molecule has 0 bridgehead atoms. The van der Waals surface area contributed by atoms with Crippen molar-refractivity contribution in [1.29, 1.82) is 0 Å². The normalized spacial score (nSPS) is 10.1. The molecular formula is C8H13N3O2S. The van der Waals surface area contributed by atoms with E-state index in [1.165, 1.54) is 0 Å². The van der Waals surface area contributed by atoms with Gasteiger partial charge in [0, 0.05) is 11.9 Å². The zero-order chi connectivity index (χ0) is 10.6. The Labute approximate surface area is 86.9 Å². The number of nitrogens with zero attached hydrogens (tertiary/aromatic N) is 1. The quantitative estimate of drug-likeness (QED) is 0.741. The van der Waals surface area contributed by atoms with Crippen LogP contribution in [0.5, 0.6) is 0 Å². The number of primary amides is 1. The summed E-state index contributed by atoms with van der Waals surface area (Å²) in [7, 11) is 0. The molecule has 1 rings (SSSR count). The fraction of sp³-hybridized carbons (Fsp3) is 0.500. The van der Waals surface area contributed by atoms with Gasteiger partial charge < -0.3 is 20.0 Å². The third kappa shape index (κ3) is 2.59. The average Bonchev–Trinajstić information content (AvgIpc) is 2.47. The fourth-order valence-electron chi connectivity index (χ4n) is 1.21. The van der Waals surface area contributed by atoms with E-state index in [4.69, 9.17) is 18.0 Å². The minimum absolute atomic E-state index is 0.245. The van der Waals surface area contributed by atoms with Gasteiger partial charge in [0.05, 0.1) is 6.54 Å². The monoisotopic (exact) mass is 215 g/mol. The maximum atomic E-state index is 10.3. The standard InChI is InChI=1S/C8H13N3O2S/c1-2-6-5-10-8(14)11(6)3-4-13-7(9)12/h5H,2-4H2,1H3,(H2,9,12)(H,10,14). The van der Waals surface area contributed by atoms with Crippen LogP contribution in [0.15, 0.2) is 6.20 Å². The summed E-state index contributed by atoms with van der Waals surface area (Å²) >= 11 is 5.05. The van der Waals surface area contributed by atoms with Crippen LogP contribution in [0.25, 0.3) is 0 Å². The summed E-state index contributed by atoms with van der Waals surface area (Å²) < 4.78 is 7.15. The molecule has 0 aliphatic carbocycles. The fourth-order valence-corrected chi connectivity index (χ4v) is 1.47. The Bertz CT molecular complexity index is 369. The molecule has 1 heterocycles. The van der Waals surface area contributed by atoms with E-state index in [9.17, 15) is 4.79 Å². The lowest BCUT2D eigenvalue weighted by molar-refractivity contribution is 0.152. The number of aryl methyl sites for hydroxylation is 1. The van der Waals surface area contributed by atoms with Gasteiger partial charge >= 0.3 is 6.09 Å². The van der Waals surface area contributed by atoms with Crippen LogP contribution in [0.3, 0.4) is 0 Å². The Balaban J connectivity index is 2.61. The van der Waals surface area contributed by atoms with Gasteiger partial charge in [-0.15, -0.1) is 0 Å². The molecular weight excluding hydrogens is 202 g/mol. The highest BCUT2D eigenvalue weighted by Crippen LogP contribution is 2.02. The van der Waals surface area contributed by atoms with Crippen molar-refractivity contribution in [2.24, 2.45) is 5.73 Å². The molecule has 0 saturated heterocycles. The predicted octanol–water partition coefficient (Wildman–Crippen LogP) is 1.20. The Kier molecular flexibility index (Phi) is 3.70. The molecule has 5 nitrogen and oxygen atoms in total. The number of imidazole rings is 1. The van der Waals surface area contributed by atoms with Crippen LogP contribution in [0.4, 0.5) is 4.79 Å². The van der Waals surface area contributed by atoms with Gasteiger partial charge in [-0.1, -0.05) is 6.92 Å². The SMILES string of the molecule is CCc1c[nH]c(=S)n1CCOC(N)=O. The number of nitrogens with two attached hydrogens (primary N) is 1. The first-order valence-corrected chi connectivity index (χ1v) is 4.75. The predicted molar refractivity (Wildman–Crippen MR) is 54.5 cm³/mol. The number of carbonyl (C=O) groups is 1. The molecule has 0 unspecified atom stereocenters. The van der Waals surface area contributed by atoms with Gasteiger partial charge in [0.25, 0.3) is 0 Å². The summed E-state index contributed by atoms with van der Waals surface area (Å²) in [6.07, 6.45) is 1.97. The molecule has 1 amide bonds. The smallest absolute Gasteiger partial charge is 0.404 e. The van der Waals surface area contributed by atoms with E-state index in [1.54, 1.807) is 0 Å². The van der Waals surface area contributed by atoms with Crippen molar-refractivity contribution in [3.05, 3.63) is 16.7 Å². The van der Waals surface area contributed by atoms with Crippen LogP contribution >= 0.6 is 12.2 Å². The Morgan fingerprint density at radius 2 is 2.50 bits per heavy atom. The first-order chi connectivity index (χ1) is 6.65. The average molecular weight is 215 g/mol. The van der Waals surface area contributed by atoms with Crippen molar-refractivity contribution in [3.63, 3.8) is 0 Å². The molecule has 0 fully saturated rings. The minimum atomic E-state index is -0.759. The second-order valence-electron chi connectivity index (χ2n) is 2.76. The van der Waals surface area contributed by atoms with Gasteiger partial charge in [-0.3, -0.25) is 0 Å². The highest BCUT2D eigenvalue weighted by atomic mass is 32.1. The van der Waals surface area contributed by atoms with Crippen molar-refractivity contribution in [2.45, 2.75) is 19.9 Å². The number of nitrogens with one attached hydrogen (secondary N) is 1. The molecule has 78 valence electrons. The lowest BCUT2D eigenvalue weighted by Gasteiger charge is -2.06. The summed E-state index contributed by atoms with van der Waals surface area (Å²) in [4.78, 5) is 13.3. The second kappa shape index (κ2) is 4.80. The van der Waals surface area contributed by atoms with Gasteiger partial charge in [-0.25, -0.2) is 4.79 Å². The highest BCUT2D eigenvalue weighted by Gasteiger charge is 2.02. The first-order valence-electron chi connectivity index (χ1n) is 4.34. The van der Waals surface area contributed by atoms with Crippen LogP contribution in [-0.4, -0.2) is 22.3 Å². The molecule has 0 aromatic carbocycles. The first kappa shape index (κ1) is 10.8. The number of rotatable bonds is 4. The molecule has 0 saturated carbocycles. The largest absolute Gasteiger partial charge is 0.448 e. The minimum Gasteiger partial charge on any atom is -0.448 e. The lowest BCUT2D eigenvalue weighted by atomic mass is 10.3. The third-order valence-corrected chi connectivity index (χ3v) is 2.21. The molecule has 14 heavy (non-hydrogen) atoms. The Morgan fingerprint density at radius 3 is 3.07 bits per heavy atom. The Hall–Kier alpha value is -1.30. The van der Waals surface area contributed by atoms with Crippen LogP contribution in [0.2, 0.25) is 0 Å². The summed E-state index contributed by atoms with van der Waals surface area (Å²) in [6.45, 7) is 2.81. The van der Waals surface area contributed by atoms with Gasteiger partial charge in [0.1, 0.15) is 6.61 Å². The Morgan fingerprint density at radius 1 is 1.79 bits per heavy atom. The molecule has 6 heteroatoms. The molecule has 0 aliphatic heterocycles. The number of carbonyl (C=O) groups excluding carboxylic acids is 1. The molecule has 0 spiro atoms. The lowest BCUT2D eigenvalue weighted by Crippen LogP contribution is -2.17. The zero-order valence-corrected chi connectivity index (χ0v) is 8.76.